The summed E-state index contributed by atoms with van der Waals surface area (Å²) in [5.41, 5.74) is 0.558. The maximum atomic E-state index is 5.97. The van der Waals surface area contributed by atoms with E-state index in [-0.39, 0.29) is 12.4 Å². The van der Waals surface area contributed by atoms with E-state index in [1.165, 1.54) is 49.8 Å². The first-order valence-electron chi connectivity index (χ1n) is 8.38. The lowest BCUT2D eigenvalue weighted by Gasteiger charge is -2.22. The molecule has 1 atom stereocenters. The van der Waals surface area contributed by atoms with Gasteiger partial charge in [0, 0.05) is 19.6 Å². The van der Waals surface area contributed by atoms with Crippen molar-refractivity contribution in [2.24, 2.45) is 5.41 Å². The lowest BCUT2D eigenvalue weighted by Crippen LogP contribution is -2.31. The van der Waals surface area contributed by atoms with E-state index in [9.17, 15) is 0 Å². The molecule has 0 bridgehead atoms. The number of nitrogens with zero attached hydrogens (tertiary/aromatic N) is 1. The number of hydrogen-bond donors (Lipinski definition) is 1. The molecule has 0 amide bonds. The summed E-state index contributed by atoms with van der Waals surface area (Å²) in [6.07, 6.45) is 2.69. The van der Waals surface area contributed by atoms with Crippen LogP contribution in [0.1, 0.15) is 12.8 Å². The van der Waals surface area contributed by atoms with Gasteiger partial charge in [-0.3, -0.25) is 4.90 Å². The summed E-state index contributed by atoms with van der Waals surface area (Å²) in [7, 11) is 0. The summed E-state index contributed by atoms with van der Waals surface area (Å²) in [5, 5.41) is 6.03. The smallest absolute Gasteiger partial charge is 0.120 e. The number of nitrogens with one attached hydrogen (secondary N) is 1. The highest BCUT2D eigenvalue weighted by molar-refractivity contribution is 5.85. The van der Waals surface area contributed by atoms with E-state index < -0.39 is 0 Å². The monoisotopic (exact) mass is 332 g/mol. The fourth-order valence-corrected chi connectivity index (χ4v) is 3.91. The molecule has 2 aliphatic rings. The number of halogens is 1. The van der Waals surface area contributed by atoms with Crippen LogP contribution < -0.4 is 10.1 Å². The van der Waals surface area contributed by atoms with Gasteiger partial charge in [0.25, 0.3) is 0 Å². The fourth-order valence-electron chi connectivity index (χ4n) is 3.91. The molecular formula is C19H25ClN2O. The molecule has 4 rings (SSSR count). The molecule has 2 saturated heterocycles. The van der Waals surface area contributed by atoms with Crippen molar-refractivity contribution in [3.63, 3.8) is 0 Å². The zero-order valence-electron chi connectivity index (χ0n) is 13.5. The molecule has 1 spiro atoms. The maximum Gasteiger partial charge on any atom is 0.120 e. The van der Waals surface area contributed by atoms with Gasteiger partial charge in [0.1, 0.15) is 12.4 Å². The maximum absolute atomic E-state index is 5.97. The average Bonchev–Trinajstić information content (AvgIpc) is 3.18. The number of ether oxygens (including phenoxy) is 1. The number of hydrogen-bond acceptors (Lipinski definition) is 3. The number of benzene rings is 2. The number of fused-ring (bicyclic) bond motifs is 1. The van der Waals surface area contributed by atoms with Gasteiger partial charge in [0.15, 0.2) is 0 Å². The van der Waals surface area contributed by atoms with Crippen LogP contribution >= 0.6 is 12.4 Å². The summed E-state index contributed by atoms with van der Waals surface area (Å²) < 4.78 is 5.97. The predicted octanol–water partition coefficient (Wildman–Crippen LogP) is 3.33. The van der Waals surface area contributed by atoms with Crippen LogP contribution in [0.2, 0.25) is 0 Å². The van der Waals surface area contributed by atoms with Gasteiger partial charge in [-0.25, -0.2) is 0 Å². The van der Waals surface area contributed by atoms with E-state index in [2.05, 4.69) is 52.7 Å². The van der Waals surface area contributed by atoms with Crippen molar-refractivity contribution in [2.45, 2.75) is 12.8 Å². The highest BCUT2D eigenvalue weighted by Crippen LogP contribution is 2.35. The van der Waals surface area contributed by atoms with Crippen LogP contribution in [0.15, 0.2) is 42.5 Å². The SMILES string of the molecule is Cl.c1ccc2cc(OCCN3CCC4(CCNC4)C3)ccc2c1. The third kappa shape index (κ3) is 3.63. The minimum atomic E-state index is 0. The molecule has 3 nitrogen and oxygen atoms in total. The Hall–Kier alpha value is -1.29. The Balaban J connectivity index is 0.00000156. The highest BCUT2D eigenvalue weighted by atomic mass is 35.5. The molecule has 2 aromatic rings. The minimum Gasteiger partial charge on any atom is -0.492 e. The average molecular weight is 333 g/mol. The van der Waals surface area contributed by atoms with Crippen molar-refractivity contribution >= 4 is 23.2 Å². The predicted molar refractivity (Wildman–Crippen MR) is 97.7 cm³/mol. The molecule has 2 fully saturated rings. The summed E-state index contributed by atoms with van der Waals surface area (Å²) >= 11 is 0. The Labute approximate surface area is 144 Å². The molecule has 2 aliphatic heterocycles. The number of likely N-dealkylation sites (tertiary alicyclic amines) is 1. The van der Waals surface area contributed by atoms with Crippen molar-refractivity contribution in [3.05, 3.63) is 42.5 Å². The molecule has 0 saturated carbocycles. The second-order valence-corrected chi connectivity index (χ2v) is 6.81. The van der Waals surface area contributed by atoms with Gasteiger partial charge in [0.2, 0.25) is 0 Å². The zero-order valence-corrected chi connectivity index (χ0v) is 14.3. The van der Waals surface area contributed by atoms with E-state index in [1.54, 1.807) is 0 Å². The molecule has 0 aliphatic carbocycles. The van der Waals surface area contributed by atoms with Crippen LogP contribution in [0.5, 0.6) is 5.75 Å². The Bertz CT molecular complexity index is 655. The van der Waals surface area contributed by atoms with E-state index in [0.29, 0.717) is 5.41 Å². The Morgan fingerprint density at radius 1 is 1.09 bits per heavy atom. The van der Waals surface area contributed by atoms with Gasteiger partial charge in [-0.05, 0) is 54.3 Å². The van der Waals surface area contributed by atoms with Gasteiger partial charge in [-0.2, -0.15) is 0 Å². The van der Waals surface area contributed by atoms with Gasteiger partial charge in [-0.15, -0.1) is 12.4 Å². The molecule has 0 radical (unpaired) electrons. The molecule has 0 aromatic heterocycles. The van der Waals surface area contributed by atoms with Crippen LogP contribution in [0, 0.1) is 5.41 Å². The third-order valence-electron chi connectivity index (χ3n) is 5.25. The van der Waals surface area contributed by atoms with Crippen molar-refractivity contribution in [3.8, 4) is 5.75 Å². The summed E-state index contributed by atoms with van der Waals surface area (Å²) in [4.78, 5) is 2.56. The second kappa shape index (κ2) is 7.08. The summed E-state index contributed by atoms with van der Waals surface area (Å²) in [6, 6.07) is 14.8. The molecule has 23 heavy (non-hydrogen) atoms. The van der Waals surface area contributed by atoms with Gasteiger partial charge >= 0.3 is 0 Å². The van der Waals surface area contributed by atoms with Crippen molar-refractivity contribution in [1.29, 1.82) is 0 Å². The molecule has 1 N–H and O–H groups in total. The van der Waals surface area contributed by atoms with Gasteiger partial charge in [0.05, 0.1) is 0 Å². The Kier molecular flexibility index (Phi) is 5.10. The topological polar surface area (TPSA) is 24.5 Å². The minimum absolute atomic E-state index is 0. The van der Waals surface area contributed by atoms with Crippen molar-refractivity contribution in [1.82, 2.24) is 10.2 Å². The van der Waals surface area contributed by atoms with Crippen LogP contribution in [-0.4, -0.2) is 44.2 Å². The molecule has 124 valence electrons. The second-order valence-electron chi connectivity index (χ2n) is 6.81. The fraction of sp³-hybridized carbons (Fsp3) is 0.474. The quantitative estimate of drug-likeness (QED) is 0.929. The van der Waals surface area contributed by atoms with Crippen molar-refractivity contribution in [2.75, 3.05) is 39.3 Å². The zero-order chi connectivity index (χ0) is 14.8. The lowest BCUT2D eigenvalue weighted by atomic mass is 9.87. The largest absolute Gasteiger partial charge is 0.492 e. The summed E-state index contributed by atoms with van der Waals surface area (Å²) in [5.74, 6) is 0.982. The molecule has 2 aromatic carbocycles. The number of rotatable bonds is 4. The molecule has 2 heterocycles. The first-order chi connectivity index (χ1) is 10.8. The van der Waals surface area contributed by atoms with E-state index in [0.717, 1.165) is 18.9 Å². The van der Waals surface area contributed by atoms with E-state index in [1.807, 2.05) is 0 Å². The van der Waals surface area contributed by atoms with Gasteiger partial charge in [-0.1, -0.05) is 30.3 Å². The Morgan fingerprint density at radius 3 is 2.78 bits per heavy atom. The Morgan fingerprint density at radius 2 is 1.96 bits per heavy atom. The van der Waals surface area contributed by atoms with Crippen LogP contribution in [0.4, 0.5) is 0 Å². The first-order valence-corrected chi connectivity index (χ1v) is 8.38. The van der Waals surface area contributed by atoms with E-state index in [4.69, 9.17) is 4.74 Å². The van der Waals surface area contributed by atoms with E-state index >= 15 is 0 Å². The normalized spacial score (nSPS) is 24.2. The first kappa shape index (κ1) is 16.6. The van der Waals surface area contributed by atoms with Crippen LogP contribution in [-0.2, 0) is 0 Å². The standard InChI is InChI=1S/C19H24N2O.ClH/c1-2-4-17-13-18(6-5-16(17)3-1)22-12-11-21-10-8-19(15-21)7-9-20-14-19;/h1-6,13,20H,7-12,14-15H2;1H. The van der Waals surface area contributed by atoms with Gasteiger partial charge < -0.3 is 10.1 Å². The highest BCUT2D eigenvalue weighted by Gasteiger charge is 2.39. The lowest BCUT2D eigenvalue weighted by molar-refractivity contribution is 0.217. The third-order valence-corrected chi connectivity index (χ3v) is 5.25. The molecule has 1 unspecified atom stereocenters. The van der Waals surface area contributed by atoms with Crippen molar-refractivity contribution < 1.29 is 4.74 Å². The van der Waals surface area contributed by atoms with Crippen LogP contribution in [0.3, 0.4) is 0 Å². The van der Waals surface area contributed by atoms with Crippen LogP contribution in [0.25, 0.3) is 10.8 Å². The molecular weight excluding hydrogens is 308 g/mol. The molecule has 4 heteroatoms. The summed E-state index contributed by atoms with van der Waals surface area (Å²) in [6.45, 7) is 6.68.